The van der Waals surface area contributed by atoms with Gasteiger partial charge in [0, 0.05) is 11.6 Å². The van der Waals surface area contributed by atoms with Gasteiger partial charge in [0.05, 0.1) is 4.92 Å². The highest BCUT2D eigenvalue weighted by atomic mass is 35.5. The molecule has 0 unspecified atom stereocenters. The smallest absolute Gasteiger partial charge is 0.326 e. The normalized spacial score (nSPS) is 11.7. The van der Waals surface area contributed by atoms with Gasteiger partial charge in [-0.15, -0.1) is 0 Å². The van der Waals surface area contributed by atoms with Crippen molar-refractivity contribution in [2.45, 2.75) is 12.5 Å². The average Bonchev–Trinajstić information content (AvgIpc) is 2.42. The number of hydrogen-bond acceptors (Lipinski definition) is 5. The first kappa shape index (κ1) is 17.3. The van der Waals surface area contributed by atoms with E-state index in [0.29, 0.717) is 5.75 Å². The van der Waals surface area contributed by atoms with Gasteiger partial charge in [0.25, 0.3) is 11.6 Å². The average molecular weight is 333 g/mol. The molecule has 0 aromatic heterocycles. The minimum Gasteiger partial charge on any atom is -0.480 e. The number of amides is 1. The Balaban J connectivity index is 2.85. The zero-order valence-electron chi connectivity index (χ0n) is 11.0. The van der Waals surface area contributed by atoms with E-state index in [1.807, 2.05) is 6.26 Å². The van der Waals surface area contributed by atoms with Crippen LogP contribution in [0, 0.1) is 10.1 Å². The molecule has 1 aromatic carbocycles. The summed E-state index contributed by atoms with van der Waals surface area (Å²) in [5.74, 6) is -1.19. The van der Waals surface area contributed by atoms with Crippen LogP contribution >= 0.6 is 23.4 Å². The molecule has 0 saturated heterocycles. The fourth-order valence-electron chi connectivity index (χ4n) is 1.53. The van der Waals surface area contributed by atoms with Gasteiger partial charge in [0.2, 0.25) is 0 Å². The van der Waals surface area contributed by atoms with Crippen LogP contribution in [-0.2, 0) is 4.79 Å². The highest BCUT2D eigenvalue weighted by molar-refractivity contribution is 7.98. The molecule has 21 heavy (non-hydrogen) atoms. The molecular weight excluding hydrogens is 320 g/mol. The summed E-state index contributed by atoms with van der Waals surface area (Å²) in [6.07, 6.45) is 2.11. The van der Waals surface area contributed by atoms with E-state index in [0.717, 1.165) is 12.1 Å². The number of benzene rings is 1. The number of aliphatic carboxylic acids is 1. The van der Waals surface area contributed by atoms with Gasteiger partial charge < -0.3 is 10.4 Å². The monoisotopic (exact) mass is 332 g/mol. The summed E-state index contributed by atoms with van der Waals surface area (Å²) in [6, 6.07) is 2.46. The van der Waals surface area contributed by atoms with Gasteiger partial charge in [-0.1, -0.05) is 11.6 Å². The number of carboxylic acid groups (broad SMARTS) is 1. The number of thioether (sulfide) groups is 1. The lowest BCUT2D eigenvalue weighted by atomic mass is 10.1. The summed E-state index contributed by atoms with van der Waals surface area (Å²) >= 11 is 7.18. The minimum atomic E-state index is -1.13. The molecule has 0 saturated carbocycles. The molecule has 7 nitrogen and oxygen atoms in total. The molecule has 0 bridgehead atoms. The SMILES string of the molecule is CSCC[C@H](NC(=O)c1ccc([N+](=O)[O-])c(Cl)c1)C(=O)O. The predicted molar refractivity (Wildman–Crippen MR) is 80.0 cm³/mol. The molecule has 114 valence electrons. The first-order chi connectivity index (χ1) is 9.86. The molecule has 2 N–H and O–H groups in total. The number of nitro groups is 1. The van der Waals surface area contributed by atoms with Crippen molar-refractivity contribution < 1.29 is 19.6 Å². The lowest BCUT2D eigenvalue weighted by Gasteiger charge is -2.14. The molecule has 1 aromatic rings. The van der Waals surface area contributed by atoms with Crippen LogP contribution in [0.1, 0.15) is 16.8 Å². The number of carbonyl (C=O) groups is 2. The Morgan fingerprint density at radius 2 is 2.19 bits per heavy atom. The van der Waals surface area contributed by atoms with Gasteiger partial charge in [0.15, 0.2) is 0 Å². The van der Waals surface area contributed by atoms with Crippen molar-refractivity contribution in [1.29, 1.82) is 0 Å². The fourth-order valence-corrected chi connectivity index (χ4v) is 2.25. The van der Waals surface area contributed by atoms with E-state index in [9.17, 15) is 19.7 Å². The van der Waals surface area contributed by atoms with Crippen LogP contribution in [0.3, 0.4) is 0 Å². The van der Waals surface area contributed by atoms with Gasteiger partial charge in [-0.05, 0) is 30.6 Å². The van der Waals surface area contributed by atoms with E-state index in [-0.39, 0.29) is 22.7 Å². The zero-order valence-corrected chi connectivity index (χ0v) is 12.6. The fraction of sp³-hybridized carbons (Fsp3) is 0.333. The molecule has 0 heterocycles. The molecule has 0 aliphatic heterocycles. The molecule has 0 aliphatic rings. The summed E-state index contributed by atoms with van der Waals surface area (Å²) < 4.78 is 0. The molecule has 1 rings (SSSR count). The maximum atomic E-state index is 11.9. The van der Waals surface area contributed by atoms with Gasteiger partial charge in [-0.3, -0.25) is 14.9 Å². The Hall–Kier alpha value is -1.80. The van der Waals surface area contributed by atoms with Crippen molar-refractivity contribution in [3.63, 3.8) is 0 Å². The molecule has 9 heteroatoms. The lowest BCUT2D eigenvalue weighted by Crippen LogP contribution is -2.41. The number of halogens is 1. The number of nitrogens with zero attached hydrogens (tertiary/aromatic N) is 1. The lowest BCUT2D eigenvalue weighted by molar-refractivity contribution is -0.384. The molecule has 0 aliphatic carbocycles. The molecular formula is C12H13ClN2O5S. The van der Waals surface area contributed by atoms with Crippen LogP contribution in [-0.4, -0.2) is 40.0 Å². The van der Waals surface area contributed by atoms with Gasteiger partial charge in [-0.2, -0.15) is 11.8 Å². The Labute approximate surface area is 129 Å². The van der Waals surface area contributed by atoms with E-state index in [1.54, 1.807) is 0 Å². The molecule has 0 spiro atoms. The van der Waals surface area contributed by atoms with Crippen LogP contribution in [0.2, 0.25) is 5.02 Å². The molecule has 0 radical (unpaired) electrons. The van der Waals surface area contributed by atoms with E-state index in [2.05, 4.69) is 5.32 Å². The maximum absolute atomic E-state index is 11.9. The Kier molecular flexibility index (Phi) is 6.44. The van der Waals surface area contributed by atoms with Gasteiger partial charge in [-0.25, -0.2) is 4.79 Å². The largest absolute Gasteiger partial charge is 0.480 e. The summed E-state index contributed by atoms with van der Waals surface area (Å²) in [5, 5.41) is 21.8. The molecule has 1 amide bonds. The third kappa shape index (κ3) is 4.91. The first-order valence-electron chi connectivity index (χ1n) is 5.83. The molecule has 1 atom stereocenters. The highest BCUT2D eigenvalue weighted by Gasteiger charge is 2.21. The summed E-state index contributed by atoms with van der Waals surface area (Å²) in [5.41, 5.74) is -0.244. The van der Waals surface area contributed by atoms with Gasteiger partial charge in [0.1, 0.15) is 11.1 Å². The summed E-state index contributed by atoms with van der Waals surface area (Å²) in [4.78, 5) is 33.0. The second-order valence-corrected chi connectivity index (χ2v) is 5.46. The Morgan fingerprint density at radius 1 is 1.52 bits per heavy atom. The number of nitro benzene ring substituents is 1. The van der Waals surface area contributed by atoms with Crippen molar-refractivity contribution in [3.05, 3.63) is 38.9 Å². The molecule has 0 fully saturated rings. The van der Waals surface area contributed by atoms with E-state index in [1.165, 1.54) is 17.8 Å². The summed E-state index contributed by atoms with van der Waals surface area (Å²) in [6.45, 7) is 0. The number of carbonyl (C=O) groups excluding carboxylic acids is 1. The number of carboxylic acids is 1. The third-order valence-corrected chi connectivity index (χ3v) is 3.57. The Morgan fingerprint density at radius 3 is 2.67 bits per heavy atom. The number of nitrogens with one attached hydrogen (secondary N) is 1. The second-order valence-electron chi connectivity index (χ2n) is 4.07. The quantitative estimate of drug-likeness (QED) is 0.585. The van der Waals surface area contributed by atoms with Crippen LogP contribution < -0.4 is 5.32 Å². The number of hydrogen-bond donors (Lipinski definition) is 2. The highest BCUT2D eigenvalue weighted by Crippen LogP contribution is 2.24. The van der Waals surface area contributed by atoms with E-state index in [4.69, 9.17) is 16.7 Å². The van der Waals surface area contributed by atoms with Crippen LogP contribution in [0.4, 0.5) is 5.69 Å². The Bertz CT molecular complexity index is 567. The maximum Gasteiger partial charge on any atom is 0.326 e. The van der Waals surface area contributed by atoms with Crippen LogP contribution in [0.5, 0.6) is 0 Å². The predicted octanol–water partition coefficient (Wildman–Crippen LogP) is 2.18. The van der Waals surface area contributed by atoms with Crippen LogP contribution in [0.25, 0.3) is 0 Å². The third-order valence-electron chi connectivity index (χ3n) is 2.62. The van der Waals surface area contributed by atoms with Crippen LogP contribution in [0.15, 0.2) is 18.2 Å². The first-order valence-corrected chi connectivity index (χ1v) is 7.60. The van der Waals surface area contributed by atoms with Crippen molar-refractivity contribution >= 4 is 40.9 Å². The van der Waals surface area contributed by atoms with Crippen molar-refractivity contribution in [2.24, 2.45) is 0 Å². The van der Waals surface area contributed by atoms with E-state index < -0.39 is 22.8 Å². The van der Waals surface area contributed by atoms with Crippen molar-refractivity contribution in [3.8, 4) is 0 Å². The minimum absolute atomic E-state index is 0.0704. The zero-order chi connectivity index (χ0) is 16.0. The summed E-state index contributed by atoms with van der Waals surface area (Å²) in [7, 11) is 0. The standard InChI is InChI=1S/C12H13ClN2O5S/c1-21-5-4-9(12(17)18)14-11(16)7-2-3-10(15(19)20)8(13)6-7/h2-3,6,9H,4-5H2,1H3,(H,14,16)(H,17,18)/t9-/m0/s1. The number of rotatable bonds is 7. The second kappa shape index (κ2) is 7.84. The topological polar surface area (TPSA) is 110 Å². The van der Waals surface area contributed by atoms with Crippen molar-refractivity contribution in [2.75, 3.05) is 12.0 Å². The van der Waals surface area contributed by atoms with Crippen molar-refractivity contribution in [1.82, 2.24) is 5.32 Å². The van der Waals surface area contributed by atoms with Gasteiger partial charge >= 0.3 is 5.97 Å². The van der Waals surface area contributed by atoms with E-state index >= 15 is 0 Å².